The van der Waals surface area contributed by atoms with Gasteiger partial charge in [0.25, 0.3) is 0 Å². The highest BCUT2D eigenvalue weighted by molar-refractivity contribution is 5.94. The summed E-state index contributed by atoms with van der Waals surface area (Å²) in [6.45, 7) is 2.10. The Bertz CT molecular complexity index is 457. The van der Waals surface area contributed by atoms with Gasteiger partial charge in [-0.1, -0.05) is 26.2 Å². The Morgan fingerprint density at radius 2 is 1.95 bits per heavy atom. The first-order valence-corrected chi connectivity index (χ1v) is 6.40. The fraction of sp³-hybridized carbons (Fsp3) is 0.429. The van der Waals surface area contributed by atoms with Gasteiger partial charge in [0.2, 0.25) is 5.91 Å². The number of hydrogen-bond donors (Lipinski definition) is 3. The summed E-state index contributed by atoms with van der Waals surface area (Å²) < 4.78 is 0. The van der Waals surface area contributed by atoms with Crippen LogP contribution in [0.25, 0.3) is 0 Å². The summed E-state index contributed by atoms with van der Waals surface area (Å²) in [6.07, 6.45) is 4.51. The van der Waals surface area contributed by atoms with E-state index in [1.54, 1.807) is 0 Å². The third-order valence-corrected chi connectivity index (χ3v) is 2.77. The summed E-state index contributed by atoms with van der Waals surface area (Å²) in [5.74, 6) is -1.68. The lowest BCUT2D eigenvalue weighted by Gasteiger charge is -2.07. The summed E-state index contributed by atoms with van der Waals surface area (Å²) in [6, 6.07) is 3.98. The number of carbonyl (C=O) groups is 2. The van der Waals surface area contributed by atoms with Crippen molar-refractivity contribution in [1.29, 1.82) is 0 Å². The van der Waals surface area contributed by atoms with Gasteiger partial charge in [0, 0.05) is 18.2 Å². The van der Waals surface area contributed by atoms with Gasteiger partial charge in [-0.05, 0) is 18.6 Å². The molecule has 1 rings (SSSR count). The van der Waals surface area contributed by atoms with Crippen molar-refractivity contribution >= 4 is 17.6 Å². The van der Waals surface area contributed by atoms with Crippen LogP contribution in [0.15, 0.2) is 18.2 Å². The van der Waals surface area contributed by atoms with Crippen molar-refractivity contribution < 1.29 is 19.8 Å². The fourth-order valence-electron chi connectivity index (χ4n) is 1.73. The second-order valence-electron chi connectivity index (χ2n) is 4.40. The Hall–Kier alpha value is -2.04. The molecule has 0 atom stereocenters. The van der Waals surface area contributed by atoms with Gasteiger partial charge in [0.05, 0.1) is 0 Å². The molecule has 1 amide bonds. The number of carbonyl (C=O) groups excluding carboxylic acids is 1. The molecule has 104 valence electrons. The number of hydrogen-bond acceptors (Lipinski definition) is 3. The van der Waals surface area contributed by atoms with Crippen molar-refractivity contribution in [1.82, 2.24) is 0 Å². The van der Waals surface area contributed by atoms with Crippen LogP contribution in [0.1, 0.15) is 49.4 Å². The number of unbranched alkanes of at least 4 members (excludes halogenated alkanes) is 3. The maximum atomic E-state index is 11.6. The predicted octanol–water partition coefficient (Wildman–Crippen LogP) is 3.00. The third kappa shape index (κ3) is 4.99. The SMILES string of the molecule is CCCCCCC(=O)Nc1ccc(C(=O)O)c(O)c1. The molecule has 5 nitrogen and oxygen atoms in total. The zero-order valence-electron chi connectivity index (χ0n) is 11.0. The maximum absolute atomic E-state index is 11.6. The lowest BCUT2D eigenvalue weighted by molar-refractivity contribution is -0.116. The van der Waals surface area contributed by atoms with Crippen molar-refractivity contribution in [3.05, 3.63) is 23.8 Å². The van der Waals surface area contributed by atoms with Crippen LogP contribution in [-0.4, -0.2) is 22.1 Å². The molecule has 1 aromatic carbocycles. The van der Waals surface area contributed by atoms with Gasteiger partial charge >= 0.3 is 5.97 Å². The molecule has 0 spiro atoms. The fourth-order valence-corrected chi connectivity index (χ4v) is 1.73. The molecule has 0 aliphatic heterocycles. The number of anilines is 1. The minimum Gasteiger partial charge on any atom is -0.507 e. The van der Waals surface area contributed by atoms with E-state index in [2.05, 4.69) is 12.2 Å². The Morgan fingerprint density at radius 3 is 2.53 bits per heavy atom. The second-order valence-corrected chi connectivity index (χ2v) is 4.40. The molecule has 0 heterocycles. The lowest BCUT2D eigenvalue weighted by Crippen LogP contribution is -2.11. The van der Waals surface area contributed by atoms with E-state index in [1.807, 2.05) is 0 Å². The summed E-state index contributed by atoms with van der Waals surface area (Å²) in [5.41, 5.74) is 0.226. The highest BCUT2D eigenvalue weighted by Gasteiger charge is 2.10. The van der Waals surface area contributed by atoms with Gasteiger partial charge in [0.1, 0.15) is 11.3 Å². The van der Waals surface area contributed by atoms with Crippen LogP contribution in [-0.2, 0) is 4.79 Å². The Balaban J connectivity index is 2.51. The molecule has 5 heteroatoms. The zero-order valence-corrected chi connectivity index (χ0v) is 11.0. The largest absolute Gasteiger partial charge is 0.507 e. The summed E-state index contributed by atoms with van der Waals surface area (Å²) in [7, 11) is 0. The van der Waals surface area contributed by atoms with E-state index in [0.717, 1.165) is 25.7 Å². The van der Waals surface area contributed by atoms with Crippen molar-refractivity contribution in [3.63, 3.8) is 0 Å². The standard InChI is InChI=1S/C14H19NO4/c1-2-3-4-5-6-13(17)15-10-7-8-11(14(18)19)12(16)9-10/h7-9,16H,2-6H2,1H3,(H,15,17)(H,18,19). The average molecular weight is 265 g/mol. The normalized spacial score (nSPS) is 10.2. The first-order chi connectivity index (χ1) is 9.04. The Morgan fingerprint density at radius 1 is 1.21 bits per heavy atom. The molecule has 0 saturated heterocycles. The van der Waals surface area contributed by atoms with Gasteiger partial charge < -0.3 is 15.5 Å². The van der Waals surface area contributed by atoms with Crippen LogP contribution in [0.3, 0.4) is 0 Å². The van der Waals surface area contributed by atoms with Crippen LogP contribution >= 0.6 is 0 Å². The van der Waals surface area contributed by atoms with Gasteiger partial charge in [-0.25, -0.2) is 4.79 Å². The van der Waals surface area contributed by atoms with E-state index >= 15 is 0 Å². The quantitative estimate of drug-likeness (QED) is 0.661. The molecule has 0 aromatic heterocycles. The number of benzene rings is 1. The lowest BCUT2D eigenvalue weighted by atomic mass is 10.1. The van der Waals surface area contributed by atoms with Crippen LogP contribution in [0.4, 0.5) is 5.69 Å². The van der Waals surface area contributed by atoms with Crippen LogP contribution in [0.5, 0.6) is 5.75 Å². The van der Waals surface area contributed by atoms with Crippen molar-refractivity contribution in [2.75, 3.05) is 5.32 Å². The number of carboxylic acid groups (broad SMARTS) is 1. The van der Waals surface area contributed by atoms with Gasteiger partial charge in [-0.2, -0.15) is 0 Å². The molecule has 0 fully saturated rings. The average Bonchev–Trinajstić information content (AvgIpc) is 2.34. The maximum Gasteiger partial charge on any atom is 0.339 e. The van der Waals surface area contributed by atoms with Crippen LogP contribution in [0.2, 0.25) is 0 Å². The first kappa shape index (κ1) is 15.0. The minimum absolute atomic E-state index is 0.126. The van der Waals surface area contributed by atoms with Crippen molar-refractivity contribution in [2.24, 2.45) is 0 Å². The first-order valence-electron chi connectivity index (χ1n) is 6.40. The van der Waals surface area contributed by atoms with E-state index in [4.69, 9.17) is 5.11 Å². The Labute approximate surface area is 112 Å². The number of rotatable bonds is 7. The molecule has 0 aliphatic rings. The molecule has 0 bridgehead atoms. The predicted molar refractivity (Wildman–Crippen MR) is 72.5 cm³/mol. The van der Waals surface area contributed by atoms with E-state index in [-0.39, 0.29) is 17.2 Å². The van der Waals surface area contributed by atoms with E-state index in [0.29, 0.717) is 12.1 Å². The van der Waals surface area contributed by atoms with Gasteiger partial charge in [-0.3, -0.25) is 4.79 Å². The number of aromatic carboxylic acids is 1. The van der Waals surface area contributed by atoms with E-state index in [9.17, 15) is 14.7 Å². The molecule has 0 radical (unpaired) electrons. The molecular formula is C14H19NO4. The molecule has 0 saturated carbocycles. The molecule has 19 heavy (non-hydrogen) atoms. The summed E-state index contributed by atoms with van der Waals surface area (Å²) in [4.78, 5) is 22.3. The highest BCUT2D eigenvalue weighted by Crippen LogP contribution is 2.22. The van der Waals surface area contributed by atoms with Crippen molar-refractivity contribution in [2.45, 2.75) is 39.0 Å². The number of nitrogens with one attached hydrogen (secondary N) is 1. The summed E-state index contributed by atoms with van der Waals surface area (Å²) in [5, 5.41) is 20.9. The molecule has 3 N–H and O–H groups in total. The molecule has 1 aromatic rings. The molecule has 0 unspecified atom stereocenters. The van der Waals surface area contributed by atoms with E-state index in [1.165, 1.54) is 18.2 Å². The van der Waals surface area contributed by atoms with Crippen molar-refractivity contribution in [3.8, 4) is 5.75 Å². The topological polar surface area (TPSA) is 86.6 Å². The second kappa shape index (κ2) is 7.41. The van der Waals surface area contributed by atoms with Crippen LogP contribution < -0.4 is 5.32 Å². The monoisotopic (exact) mass is 265 g/mol. The minimum atomic E-state index is -1.20. The zero-order chi connectivity index (χ0) is 14.3. The van der Waals surface area contributed by atoms with Gasteiger partial charge in [0.15, 0.2) is 0 Å². The van der Waals surface area contributed by atoms with Crippen LogP contribution in [0, 0.1) is 0 Å². The van der Waals surface area contributed by atoms with Gasteiger partial charge in [-0.15, -0.1) is 0 Å². The number of carboxylic acids is 1. The Kier molecular flexibility index (Phi) is 5.85. The number of phenols is 1. The molecule has 0 aliphatic carbocycles. The van der Waals surface area contributed by atoms with E-state index < -0.39 is 5.97 Å². The third-order valence-electron chi connectivity index (χ3n) is 2.77. The summed E-state index contributed by atoms with van der Waals surface area (Å²) >= 11 is 0. The number of aromatic hydroxyl groups is 1. The molecular weight excluding hydrogens is 246 g/mol. The smallest absolute Gasteiger partial charge is 0.339 e. The number of amides is 1. The highest BCUT2D eigenvalue weighted by atomic mass is 16.4.